The molecular weight excluding hydrogens is 758 g/mol. The molecule has 59 heavy (non-hydrogen) atoms. The van der Waals surface area contributed by atoms with E-state index in [-0.39, 0.29) is 102 Å². The first-order valence-electron chi connectivity index (χ1n) is 22.4. The largest absolute Gasteiger partial charge is 0.462 e. The van der Waals surface area contributed by atoms with Gasteiger partial charge in [0.15, 0.2) is 12.6 Å². The van der Waals surface area contributed by atoms with Gasteiger partial charge in [0.05, 0.1) is 24.4 Å². The van der Waals surface area contributed by atoms with E-state index in [4.69, 9.17) is 37.9 Å². The number of hydrogen-bond donors (Lipinski definition) is 0. The van der Waals surface area contributed by atoms with Crippen molar-refractivity contribution < 1.29 is 51.9 Å². The van der Waals surface area contributed by atoms with Crippen LogP contribution in [0.5, 0.6) is 0 Å². The van der Waals surface area contributed by atoms with Gasteiger partial charge >= 0.3 is 5.97 Å². The molecule has 0 N–H and O–H groups in total. The Morgan fingerprint density at radius 3 is 2.19 bits per heavy atom. The van der Waals surface area contributed by atoms with Crippen LogP contribution in [0.15, 0.2) is 36.4 Å². The number of carbonyl (C=O) groups excluding carboxylic acids is 2. The maximum atomic E-state index is 15.5. The van der Waals surface area contributed by atoms with Crippen LogP contribution in [0.3, 0.4) is 0 Å². The normalized spacial score (nSPS) is 44.3. The van der Waals surface area contributed by atoms with E-state index >= 15 is 4.79 Å². The zero-order valence-corrected chi connectivity index (χ0v) is 36.7. The third-order valence-electron chi connectivity index (χ3n) is 15.1. The summed E-state index contributed by atoms with van der Waals surface area (Å²) in [4.78, 5) is 31.7. The van der Waals surface area contributed by atoms with Crippen molar-refractivity contribution in [2.45, 2.75) is 159 Å². The summed E-state index contributed by atoms with van der Waals surface area (Å²) >= 11 is 0. The fraction of sp³-hybridized carbons (Fsp3) is 0.787. The number of likely N-dealkylation sites (N-methyl/N-ethyl adjacent to an activating group) is 1. The first-order chi connectivity index (χ1) is 28.4. The van der Waals surface area contributed by atoms with Crippen LogP contribution in [-0.4, -0.2) is 120 Å². The van der Waals surface area contributed by atoms with E-state index < -0.39 is 30.5 Å². The summed E-state index contributed by atoms with van der Waals surface area (Å²) in [5, 5.41) is 0. The lowest BCUT2D eigenvalue weighted by molar-refractivity contribution is -0.314. The van der Waals surface area contributed by atoms with Crippen molar-refractivity contribution in [1.29, 1.82) is 0 Å². The Balaban J connectivity index is 1.20. The Labute approximate surface area is 351 Å². The molecule has 1 aromatic carbocycles. The molecule has 7 rings (SSSR count). The van der Waals surface area contributed by atoms with Crippen LogP contribution in [0, 0.1) is 47.2 Å². The molecule has 11 nitrogen and oxygen atoms in total. The van der Waals surface area contributed by atoms with E-state index in [9.17, 15) is 9.18 Å². The van der Waals surface area contributed by atoms with Crippen LogP contribution < -0.4 is 0 Å². The number of esters is 1. The Kier molecular flexibility index (Phi) is 14.7. The topological polar surface area (TPSA) is 111 Å². The molecule has 5 unspecified atom stereocenters. The molecule has 3 aliphatic heterocycles. The standard InChI is InChI=1S/C47H70FNO10/c1-10-31-12-11-13-37(59-39-21-20-36(49(5)6)26(3)55-39)25(2)43(51)42-35(24-38(50)57-31)33-19-16-29-22-32(23-34(29)41(33)40(42)28-14-17-30(48)18-15-28)58-47-46(54-9)45(53-8)44(52-7)27(4)56-47/h14-19,25-27,29,31-37,39-42,44-47H,10-13,20-24H2,1-9H3/t25-,26?,27?,29-,31+,32-,33+,34-,35+,36+,37+,39+,40?,41-,42?,44+,45?,46+,47+/m1/s1. The molecule has 1 aromatic rings. The van der Waals surface area contributed by atoms with Crippen molar-refractivity contribution in [3.8, 4) is 0 Å². The molecule has 5 fully saturated rings. The number of benzene rings is 1. The summed E-state index contributed by atoms with van der Waals surface area (Å²) in [7, 11) is 9.10. The molecule has 19 atom stereocenters. The maximum Gasteiger partial charge on any atom is 0.306 e. The summed E-state index contributed by atoms with van der Waals surface area (Å²) in [6, 6.07) is 6.99. The van der Waals surface area contributed by atoms with E-state index in [1.54, 1.807) is 21.3 Å². The van der Waals surface area contributed by atoms with Gasteiger partial charge in [-0.15, -0.1) is 0 Å². The second kappa shape index (κ2) is 19.4. The van der Waals surface area contributed by atoms with Crippen LogP contribution in [0.1, 0.15) is 97.0 Å². The number of nitrogens with zero attached hydrogens (tertiary/aromatic N) is 1. The Morgan fingerprint density at radius 1 is 0.797 bits per heavy atom. The minimum absolute atomic E-state index is 0.00817. The van der Waals surface area contributed by atoms with Crippen LogP contribution in [0.2, 0.25) is 0 Å². The summed E-state index contributed by atoms with van der Waals surface area (Å²) in [6.45, 7) is 8.13. The van der Waals surface area contributed by atoms with Crippen molar-refractivity contribution in [2.24, 2.45) is 41.4 Å². The number of carbonyl (C=O) groups is 2. The number of fused-ring (bicyclic) bond motifs is 5. The first kappa shape index (κ1) is 44.8. The molecular formula is C47H70FNO10. The van der Waals surface area contributed by atoms with Crippen molar-refractivity contribution in [3.63, 3.8) is 0 Å². The number of Topliss-reactive ketones (excluding diaryl/α,β-unsaturated/α-hetero) is 1. The fourth-order valence-electron chi connectivity index (χ4n) is 12.2. The molecule has 2 saturated carbocycles. The second-order valence-corrected chi connectivity index (χ2v) is 18.6. The van der Waals surface area contributed by atoms with Gasteiger partial charge in [0.2, 0.25) is 0 Å². The number of allylic oxidation sites excluding steroid dienone is 2. The molecule has 6 aliphatic rings. The minimum atomic E-state index is -0.659. The van der Waals surface area contributed by atoms with Crippen molar-refractivity contribution in [3.05, 3.63) is 47.8 Å². The smallest absolute Gasteiger partial charge is 0.306 e. The van der Waals surface area contributed by atoms with E-state index in [1.807, 2.05) is 26.0 Å². The molecule has 3 aliphatic carbocycles. The van der Waals surface area contributed by atoms with E-state index in [2.05, 4.69) is 45.0 Å². The van der Waals surface area contributed by atoms with Crippen molar-refractivity contribution in [1.82, 2.24) is 4.90 Å². The monoisotopic (exact) mass is 827 g/mol. The van der Waals surface area contributed by atoms with Crippen LogP contribution in [0.4, 0.5) is 4.39 Å². The van der Waals surface area contributed by atoms with Crippen LogP contribution >= 0.6 is 0 Å². The number of rotatable bonds is 10. The quantitative estimate of drug-likeness (QED) is 0.178. The molecule has 0 radical (unpaired) electrons. The molecule has 0 amide bonds. The van der Waals surface area contributed by atoms with Gasteiger partial charge in [-0.25, -0.2) is 4.39 Å². The SMILES string of the molecule is CC[C@H]1CCC[C@H](O[C@H]2CC[C@H](N(C)C)C(C)O2)[C@@H](C)C(=O)C2C(c3ccc(F)cc3)[C@@H]3[C@@H](C=C[C@@H]4C[C@@H](O[C@@H]5OC(C)[C@H](OC)C(OC)[C@@H]5OC)C[C@@H]34)[C@@H]2CC(=O)O1. The van der Waals surface area contributed by atoms with Crippen molar-refractivity contribution >= 4 is 11.8 Å². The highest BCUT2D eigenvalue weighted by atomic mass is 19.1. The number of hydrogen-bond acceptors (Lipinski definition) is 11. The van der Waals surface area contributed by atoms with Gasteiger partial charge in [0, 0.05) is 45.6 Å². The fourth-order valence-corrected chi connectivity index (χ4v) is 12.2. The Morgan fingerprint density at radius 2 is 1.53 bits per heavy atom. The van der Waals surface area contributed by atoms with Gasteiger partial charge < -0.3 is 42.8 Å². The third-order valence-corrected chi connectivity index (χ3v) is 15.1. The van der Waals surface area contributed by atoms with E-state index in [0.717, 1.165) is 44.1 Å². The number of ether oxygens (including phenoxy) is 8. The van der Waals surface area contributed by atoms with Crippen LogP contribution in [-0.2, 0) is 47.5 Å². The maximum absolute atomic E-state index is 15.5. The van der Waals surface area contributed by atoms with Crippen LogP contribution in [0.25, 0.3) is 0 Å². The minimum Gasteiger partial charge on any atom is -0.462 e. The Bertz CT molecular complexity index is 1590. The van der Waals surface area contributed by atoms with Gasteiger partial charge in [-0.1, -0.05) is 38.1 Å². The zero-order valence-electron chi connectivity index (χ0n) is 36.7. The van der Waals surface area contributed by atoms with E-state index in [0.29, 0.717) is 18.9 Å². The summed E-state index contributed by atoms with van der Waals surface area (Å²) in [5.74, 6) is -1.71. The highest BCUT2D eigenvalue weighted by Gasteiger charge is 2.60. The lowest BCUT2D eigenvalue weighted by atomic mass is 9.67. The molecule has 0 spiro atoms. The number of cyclic esters (lactones) is 1. The first-order valence-corrected chi connectivity index (χ1v) is 22.4. The van der Waals surface area contributed by atoms with Gasteiger partial charge in [0.25, 0.3) is 0 Å². The summed E-state index contributed by atoms with van der Waals surface area (Å²) < 4.78 is 64.9. The molecule has 0 aromatic heterocycles. The Hall–Kier alpha value is -2.29. The molecule has 3 saturated heterocycles. The van der Waals surface area contributed by atoms with Crippen molar-refractivity contribution in [2.75, 3.05) is 35.4 Å². The summed E-state index contributed by atoms with van der Waals surface area (Å²) in [6.07, 6.45) is 7.52. The summed E-state index contributed by atoms with van der Waals surface area (Å²) in [5.41, 5.74) is 0.925. The third kappa shape index (κ3) is 9.26. The average Bonchev–Trinajstić information content (AvgIpc) is 3.77. The lowest BCUT2D eigenvalue weighted by Crippen LogP contribution is -2.59. The van der Waals surface area contributed by atoms with Gasteiger partial charge in [-0.3, -0.25) is 9.59 Å². The van der Waals surface area contributed by atoms with Gasteiger partial charge in [-0.2, -0.15) is 0 Å². The molecule has 12 heteroatoms. The highest BCUT2D eigenvalue weighted by molar-refractivity contribution is 5.86. The highest BCUT2D eigenvalue weighted by Crippen LogP contribution is 2.62. The second-order valence-electron chi connectivity index (χ2n) is 18.6. The predicted molar refractivity (Wildman–Crippen MR) is 219 cm³/mol. The predicted octanol–water partition coefficient (Wildman–Crippen LogP) is 7.10. The van der Waals surface area contributed by atoms with Gasteiger partial charge in [0.1, 0.15) is 36.0 Å². The molecule has 0 bridgehead atoms. The molecule has 330 valence electrons. The van der Waals surface area contributed by atoms with E-state index in [1.165, 1.54) is 12.1 Å². The number of ketones is 1. The zero-order chi connectivity index (χ0) is 42.1. The lowest BCUT2D eigenvalue weighted by Gasteiger charge is -2.44. The van der Waals surface area contributed by atoms with Gasteiger partial charge in [-0.05, 0) is 133 Å². The number of halogens is 1. The molecule has 3 heterocycles. The number of methoxy groups -OCH3 is 3. The average molecular weight is 828 g/mol.